The number of hydrogen-bond donors (Lipinski definition) is 0. The highest BCUT2D eigenvalue weighted by Crippen LogP contribution is 2.51. The van der Waals surface area contributed by atoms with Gasteiger partial charge in [0.1, 0.15) is 0 Å². The van der Waals surface area contributed by atoms with Gasteiger partial charge in [-0.25, -0.2) is 4.98 Å². The van der Waals surface area contributed by atoms with Crippen LogP contribution in [0.25, 0.3) is 0 Å². The van der Waals surface area contributed by atoms with Crippen molar-refractivity contribution in [1.82, 2.24) is 4.98 Å². The van der Waals surface area contributed by atoms with Gasteiger partial charge in [0, 0.05) is 10.8 Å². The van der Waals surface area contributed by atoms with Gasteiger partial charge in [-0.2, -0.15) is 0 Å². The van der Waals surface area contributed by atoms with Crippen molar-refractivity contribution in [2.45, 2.75) is 46.2 Å². The van der Waals surface area contributed by atoms with Crippen LogP contribution < -0.4 is 0 Å². The SMILES string of the molecule is CCOP(=O)(Cc1csc(C(C)(C)C)n1)OCC. The average molecular weight is 291 g/mol. The van der Waals surface area contributed by atoms with Gasteiger partial charge in [0.2, 0.25) is 0 Å². The molecule has 0 amide bonds. The van der Waals surface area contributed by atoms with Gasteiger partial charge in [0.25, 0.3) is 0 Å². The molecule has 0 fully saturated rings. The van der Waals surface area contributed by atoms with Gasteiger partial charge in [-0.05, 0) is 13.8 Å². The van der Waals surface area contributed by atoms with Crippen LogP contribution in [0.5, 0.6) is 0 Å². The third-order valence-electron chi connectivity index (χ3n) is 2.20. The standard InChI is InChI=1S/C12H22NO3PS/c1-6-15-17(14,16-7-2)8-10-9-18-11(13-10)12(3,4)5/h9H,6-8H2,1-5H3. The Bertz CT molecular complexity index is 415. The monoisotopic (exact) mass is 291 g/mol. The third-order valence-corrected chi connectivity index (χ3v) is 5.53. The highest BCUT2D eigenvalue weighted by Gasteiger charge is 2.27. The van der Waals surface area contributed by atoms with Gasteiger partial charge < -0.3 is 9.05 Å². The summed E-state index contributed by atoms with van der Waals surface area (Å²) in [5.74, 6) is 0. The van der Waals surface area contributed by atoms with Crippen LogP contribution in [0.4, 0.5) is 0 Å². The first-order chi connectivity index (χ1) is 8.30. The van der Waals surface area contributed by atoms with Crippen molar-refractivity contribution in [2.24, 2.45) is 0 Å². The fourth-order valence-electron chi connectivity index (χ4n) is 1.44. The summed E-state index contributed by atoms with van der Waals surface area (Å²) in [5, 5.41) is 2.97. The van der Waals surface area contributed by atoms with E-state index < -0.39 is 7.60 Å². The van der Waals surface area contributed by atoms with Gasteiger partial charge in [0.05, 0.1) is 30.1 Å². The lowest BCUT2D eigenvalue weighted by Gasteiger charge is -2.16. The van der Waals surface area contributed by atoms with Crippen LogP contribution in [0.2, 0.25) is 0 Å². The number of rotatable bonds is 6. The molecule has 0 radical (unpaired) electrons. The van der Waals surface area contributed by atoms with Crippen molar-refractivity contribution in [3.05, 3.63) is 16.1 Å². The van der Waals surface area contributed by atoms with E-state index in [1.54, 1.807) is 11.3 Å². The smallest absolute Gasteiger partial charge is 0.309 e. The summed E-state index contributed by atoms with van der Waals surface area (Å²) in [4.78, 5) is 4.52. The maximum atomic E-state index is 12.4. The van der Waals surface area contributed by atoms with E-state index in [4.69, 9.17) is 9.05 Å². The van der Waals surface area contributed by atoms with E-state index in [1.165, 1.54) is 0 Å². The first-order valence-corrected chi connectivity index (χ1v) is 8.74. The summed E-state index contributed by atoms with van der Waals surface area (Å²) in [7, 11) is -3.04. The van der Waals surface area contributed by atoms with Gasteiger partial charge in [0.15, 0.2) is 0 Å². The summed E-state index contributed by atoms with van der Waals surface area (Å²) in [6, 6.07) is 0. The first kappa shape index (κ1) is 15.8. The Morgan fingerprint density at radius 1 is 1.28 bits per heavy atom. The summed E-state index contributed by atoms with van der Waals surface area (Å²) in [5.41, 5.74) is 0.805. The molecule has 0 aliphatic carbocycles. The second-order valence-corrected chi connectivity index (χ2v) is 7.91. The molecule has 0 saturated carbocycles. The highest BCUT2D eigenvalue weighted by atomic mass is 32.1. The van der Waals surface area contributed by atoms with Gasteiger partial charge in [-0.3, -0.25) is 4.57 Å². The lowest BCUT2D eigenvalue weighted by molar-refractivity contribution is 0.219. The molecule has 1 rings (SSSR count). The molecule has 0 saturated heterocycles. The topological polar surface area (TPSA) is 48.4 Å². The zero-order chi connectivity index (χ0) is 13.8. The van der Waals surface area contributed by atoms with Crippen LogP contribution in [0.3, 0.4) is 0 Å². The third kappa shape index (κ3) is 4.47. The van der Waals surface area contributed by atoms with Crippen LogP contribution in [-0.4, -0.2) is 18.2 Å². The predicted molar refractivity (Wildman–Crippen MR) is 75.4 cm³/mol. The minimum atomic E-state index is -3.04. The van der Waals surface area contributed by atoms with Crippen LogP contribution in [0.15, 0.2) is 5.38 Å². The molecular weight excluding hydrogens is 269 g/mol. The number of thiazole rings is 1. The Morgan fingerprint density at radius 3 is 2.22 bits per heavy atom. The normalized spacial score (nSPS) is 12.9. The fraction of sp³-hybridized carbons (Fsp3) is 0.750. The molecule has 1 heterocycles. The molecular formula is C12H22NO3PS. The number of hydrogen-bond acceptors (Lipinski definition) is 5. The van der Waals surface area contributed by atoms with Gasteiger partial charge in [-0.15, -0.1) is 11.3 Å². The Hall–Kier alpha value is -0.220. The van der Waals surface area contributed by atoms with E-state index in [9.17, 15) is 4.57 Å². The van der Waals surface area contributed by atoms with E-state index in [-0.39, 0.29) is 11.6 Å². The molecule has 4 nitrogen and oxygen atoms in total. The zero-order valence-electron chi connectivity index (χ0n) is 11.7. The molecule has 6 heteroatoms. The Kier molecular flexibility index (Phi) is 5.53. The molecule has 0 bridgehead atoms. The molecule has 0 N–H and O–H groups in total. The van der Waals surface area contributed by atoms with Crippen molar-refractivity contribution in [1.29, 1.82) is 0 Å². The maximum Gasteiger partial charge on any atom is 0.336 e. The molecule has 104 valence electrons. The molecule has 0 unspecified atom stereocenters. The zero-order valence-corrected chi connectivity index (χ0v) is 13.4. The lowest BCUT2D eigenvalue weighted by Crippen LogP contribution is -2.10. The van der Waals surface area contributed by atoms with E-state index >= 15 is 0 Å². The fourth-order valence-corrected chi connectivity index (χ4v) is 4.08. The lowest BCUT2D eigenvalue weighted by atomic mass is 9.98. The molecule has 18 heavy (non-hydrogen) atoms. The summed E-state index contributed by atoms with van der Waals surface area (Å²) >= 11 is 1.59. The first-order valence-electron chi connectivity index (χ1n) is 6.13. The summed E-state index contributed by atoms with van der Waals surface area (Å²) < 4.78 is 22.9. The van der Waals surface area contributed by atoms with Crippen molar-refractivity contribution in [3.63, 3.8) is 0 Å². The predicted octanol–water partition coefficient (Wildman–Crippen LogP) is 4.21. The second-order valence-electron chi connectivity index (χ2n) is 5.00. The minimum absolute atomic E-state index is 0.0180. The van der Waals surface area contributed by atoms with E-state index in [0.717, 1.165) is 10.7 Å². The Morgan fingerprint density at radius 2 is 1.83 bits per heavy atom. The summed E-state index contributed by atoms with van der Waals surface area (Å²) in [6.07, 6.45) is 0.251. The highest BCUT2D eigenvalue weighted by molar-refractivity contribution is 7.53. The van der Waals surface area contributed by atoms with Crippen molar-refractivity contribution >= 4 is 18.9 Å². The van der Waals surface area contributed by atoms with Crippen molar-refractivity contribution in [2.75, 3.05) is 13.2 Å². The minimum Gasteiger partial charge on any atom is -0.309 e. The Balaban J connectivity index is 2.82. The molecule has 0 aliphatic heterocycles. The Labute approximate surface area is 113 Å². The van der Waals surface area contributed by atoms with Gasteiger partial charge in [-0.1, -0.05) is 20.8 Å². The molecule has 0 spiro atoms. The average Bonchev–Trinajstić information content (AvgIpc) is 2.65. The second kappa shape index (κ2) is 6.29. The number of aromatic nitrogens is 1. The van der Waals surface area contributed by atoms with Crippen LogP contribution in [-0.2, 0) is 25.2 Å². The van der Waals surface area contributed by atoms with Crippen molar-refractivity contribution < 1.29 is 13.6 Å². The number of nitrogens with zero attached hydrogens (tertiary/aromatic N) is 1. The molecule has 1 aromatic heterocycles. The molecule has 1 aromatic rings. The molecule has 0 atom stereocenters. The van der Waals surface area contributed by atoms with Crippen LogP contribution >= 0.6 is 18.9 Å². The van der Waals surface area contributed by atoms with Crippen molar-refractivity contribution in [3.8, 4) is 0 Å². The quantitative estimate of drug-likeness (QED) is 0.737. The van der Waals surface area contributed by atoms with Crippen LogP contribution in [0, 0.1) is 0 Å². The maximum absolute atomic E-state index is 12.4. The largest absolute Gasteiger partial charge is 0.336 e. The van der Waals surface area contributed by atoms with E-state index in [2.05, 4.69) is 25.8 Å². The van der Waals surface area contributed by atoms with E-state index in [0.29, 0.717) is 13.2 Å². The molecule has 0 aromatic carbocycles. The summed E-state index contributed by atoms with van der Waals surface area (Å²) in [6.45, 7) is 10.7. The van der Waals surface area contributed by atoms with E-state index in [1.807, 2.05) is 19.2 Å². The van der Waals surface area contributed by atoms with Gasteiger partial charge >= 0.3 is 7.60 Å². The van der Waals surface area contributed by atoms with Crippen LogP contribution in [0.1, 0.15) is 45.3 Å². The molecule has 0 aliphatic rings.